The molecule has 3 nitrogen and oxygen atoms in total. The van der Waals surface area contributed by atoms with Crippen molar-refractivity contribution in [2.75, 3.05) is 0 Å². The maximum Gasteiger partial charge on any atom is 0.408 e. The molecule has 17 heavy (non-hydrogen) atoms. The molecule has 1 aliphatic rings. The highest BCUT2D eigenvalue weighted by atomic mass is 16.6. The van der Waals surface area contributed by atoms with Gasteiger partial charge in [-0.25, -0.2) is 4.79 Å². The average molecular weight is 232 g/mol. The topological polar surface area (TPSA) is 38.3 Å². The van der Waals surface area contributed by atoms with E-state index in [1.165, 1.54) is 11.1 Å². The van der Waals surface area contributed by atoms with Crippen molar-refractivity contribution in [3.8, 4) is 0 Å². The number of benzene rings is 1. The van der Waals surface area contributed by atoms with Crippen LogP contribution in [0.4, 0.5) is 4.79 Å². The third-order valence-corrected chi connectivity index (χ3v) is 2.64. The maximum atomic E-state index is 11.7. The Morgan fingerprint density at radius 3 is 2.76 bits per heavy atom. The van der Waals surface area contributed by atoms with Gasteiger partial charge in [-0.15, -0.1) is 0 Å². The number of carbonyl (C=O) groups excluding carboxylic acids is 1. The number of hydrogen-bond acceptors (Lipinski definition) is 2. The Bertz CT molecular complexity index is 420. The molecule has 1 aliphatic carbocycles. The summed E-state index contributed by atoms with van der Waals surface area (Å²) in [4.78, 5) is 11.7. The SMILES string of the molecule is CC(C)(C)OC(=O)NC1[CH]Cc2ccccc21. The Balaban J connectivity index is 2.00. The number of hydrogen-bond donors (Lipinski definition) is 1. The second kappa shape index (κ2) is 4.40. The summed E-state index contributed by atoms with van der Waals surface area (Å²) in [5, 5.41) is 2.87. The van der Waals surface area contributed by atoms with E-state index in [9.17, 15) is 4.79 Å². The maximum absolute atomic E-state index is 11.7. The number of carbonyl (C=O) groups is 1. The Kier molecular flexibility index (Phi) is 3.09. The first-order valence-corrected chi connectivity index (χ1v) is 5.86. The van der Waals surface area contributed by atoms with E-state index < -0.39 is 5.60 Å². The molecule has 1 atom stereocenters. The highest BCUT2D eigenvalue weighted by Gasteiger charge is 2.25. The minimum atomic E-state index is -0.456. The molecule has 0 bridgehead atoms. The Morgan fingerprint density at radius 1 is 1.35 bits per heavy atom. The molecule has 0 aliphatic heterocycles. The molecule has 0 saturated carbocycles. The van der Waals surface area contributed by atoms with Crippen LogP contribution < -0.4 is 5.32 Å². The van der Waals surface area contributed by atoms with Gasteiger partial charge in [0, 0.05) is 0 Å². The molecule has 0 spiro atoms. The van der Waals surface area contributed by atoms with Crippen molar-refractivity contribution in [1.82, 2.24) is 5.32 Å². The standard InChI is InChI=1S/C14H18NO2/c1-14(2,3)17-13(16)15-12-9-8-10-6-4-5-7-11(10)12/h4-7,9,12H,8H2,1-3H3,(H,15,16). The minimum Gasteiger partial charge on any atom is -0.444 e. The van der Waals surface area contributed by atoms with Gasteiger partial charge in [0.05, 0.1) is 6.04 Å². The van der Waals surface area contributed by atoms with Crippen molar-refractivity contribution in [3.05, 3.63) is 41.8 Å². The molecule has 1 unspecified atom stereocenters. The summed E-state index contributed by atoms with van der Waals surface area (Å²) >= 11 is 0. The molecule has 1 aromatic rings. The largest absolute Gasteiger partial charge is 0.444 e. The number of fused-ring (bicyclic) bond motifs is 1. The number of nitrogens with one attached hydrogen (secondary N) is 1. The summed E-state index contributed by atoms with van der Waals surface area (Å²) in [6, 6.07) is 8.11. The van der Waals surface area contributed by atoms with Gasteiger partial charge in [0.2, 0.25) is 0 Å². The number of amides is 1. The quantitative estimate of drug-likeness (QED) is 0.808. The molecule has 1 amide bonds. The fourth-order valence-corrected chi connectivity index (χ4v) is 1.97. The predicted octanol–water partition coefficient (Wildman–Crippen LogP) is 3.01. The first-order valence-electron chi connectivity index (χ1n) is 5.86. The van der Waals surface area contributed by atoms with Gasteiger partial charge in [-0.05, 0) is 44.7 Å². The molecule has 1 aromatic carbocycles. The van der Waals surface area contributed by atoms with Crippen LogP contribution in [0.15, 0.2) is 24.3 Å². The van der Waals surface area contributed by atoms with E-state index in [-0.39, 0.29) is 12.1 Å². The third kappa shape index (κ3) is 2.99. The third-order valence-electron chi connectivity index (χ3n) is 2.64. The van der Waals surface area contributed by atoms with Crippen molar-refractivity contribution in [3.63, 3.8) is 0 Å². The van der Waals surface area contributed by atoms with Crippen LogP contribution in [-0.2, 0) is 11.2 Å². The summed E-state index contributed by atoms with van der Waals surface area (Å²) in [5.74, 6) is 0. The highest BCUT2D eigenvalue weighted by molar-refractivity contribution is 5.69. The first-order chi connectivity index (χ1) is 7.96. The van der Waals surface area contributed by atoms with E-state index in [0.717, 1.165) is 6.42 Å². The lowest BCUT2D eigenvalue weighted by atomic mass is 10.1. The van der Waals surface area contributed by atoms with Gasteiger partial charge in [-0.3, -0.25) is 0 Å². The van der Waals surface area contributed by atoms with E-state index in [0.29, 0.717) is 0 Å². The van der Waals surface area contributed by atoms with E-state index in [2.05, 4.69) is 17.8 Å². The molecule has 1 radical (unpaired) electrons. The lowest BCUT2D eigenvalue weighted by Gasteiger charge is -2.22. The van der Waals surface area contributed by atoms with E-state index >= 15 is 0 Å². The number of ether oxygens (including phenoxy) is 1. The van der Waals surface area contributed by atoms with Gasteiger partial charge in [0.25, 0.3) is 0 Å². The first kappa shape index (κ1) is 12.0. The lowest BCUT2D eigenvalue weighted by Crippen LogP contribution is -2.34. The molecule has 0 heterocycles. The highest BCUT2D eigenvalue weighted by Crippen LogP contribution is 2.29. The fraction of sp³-hybridized carbons (Fsp3) is 0.429. The van der Waals surface area contributed by atoms with Gasteiger partial charge in [0.1, 0.15) is 5.60 Å². The Hall–Kier alpha value is -1.51. The number of alkyl carbamates (subject to hydrolysis) is 1. The molecule has 91 valence electrons. The van der Waals surface area contributed by atoms with E-state index in [4.69, 9.17) is 4.74 Å². The van der Waals surface area contributed by atoms with Gasteiger partial charge >= 0.3 is 6.09 Å². The van der Waals surface area contributed by atoms with Crippen molar-refractivity contribution < 1.29 is 9.53 Å². The van der Waals surface area contributed by atoms with Crippen LogP contribution in [0, 0.1) is 6.42 Å². The molecule has 2 rings (SSSR count). The van der Waals surface area contributed by atoms with E-state index in [1.807, 2.05) is 39.0 Å². The minimum absolute atomic E-state index is 0.0268. The predicted molar refractivity (Wildman–Crippen MR) is 66.6 cm³/mol. The molecular formula is C14H18NO2. The zero-order valence-electron chi connectivity index (χ0n) is 10.5. The van der Waals surface area contributed by atoms with Gasteiger partial charge < -0.3 is 10.1 Å². The summed E-state index contributed by atoms with van der Waals surface area (Å²) in [7, 11) is 0. The van der Waals surface area contributed by atoms with Gasteiger partial charge in [0.15, 0.2) is 0 Å². The zero-order valence-corrected chi connectivity index (χ0v) is 10.5. The van der Waals surface area contributed by atoms with Crippen LogP contribution in [0.1, 0.15) is 37.9 Å². The Morgan fingerprint density at radius 2 is 2.06 bits per heavy atom. The van der Waals surface area contributed by atoms with E-state index in [1.54, 1.807) is 0 Å². The molecule has 1 N–H and O–H groups in total. The smallest absolute Gasteiger partial charge is 0.408 e. The number of rotatable bonds is 1. The van der Waals surface area contributed by atoms with Crippen molar-refractivity contribution in [2.45, 2.75) is 38.8 Å². The van der Waals surface area contributed by atoms with Crippen LogP contribution in [-0.4, -0.2) is 11.7 Å². The molecule has 0 aromatic heterocycles. The summed E-state index contributed by atoms with van der Waals surface area (Å²) in [5.41, 5.74) is 1.98. The van der Waals surface area contributed by atoms with Gasteiger partial charge in [-0.2, -0.15) is 0 Å². The molecule has 3 heteroatoms. The molecule has 0 fully saturated rings. The average Bonchev–Trinajstić information content (AvgIpc) is 2.59. The zero-order chi connectivity index (χ0) is 12.5. The summed E-state index contributed by atoms with van der Waals surface area (Å²) in [6.07, 6.45) is 2.63. The van der Waals surface area contributed by atoms with Gasteiger partial charge in [-0.1, -0.05) is 24.3 Å². The molecule has 0 saturated heterocycles. The van der Waals surface area contributed by atoms with Crippen LogP contribution in [0.5, 0.6) is 0 Å². The van der Waals surface area contributed by atoms with Crippen LogP contribution in [0.3, 0.4) is 0 Å². The van der Waals surface area contributed by atoms with Crippen molar-refractivity contribution >= 4 is 6.09 Å². The van der Waals surface area contributed by atoms with Crippen molar-refractivity contribution in [1.29, 1.82) is 0 Å². The van der Waals surface area contributed by atoms with Crippen LogP contribution in [0.2, 0.25) is 0 Å². The van der Waals surface area contributed by atoms with Crippen molar-refractivity contribution in [2.24, 2.45) is 0 Å². The summed E-state index contributed by atoms with van der Waals surface area (Å²) < 4.78 is 5.24. The monoisotopic (exact) mass is 232 g/mol. The fourth-order valence-electron chi connectivity index (χ4n) is 1.97. The summed E-state index contributed by atoms with van der Waals surface area (Å²) in [6.45, 7) is 5.58. The second-order valence-corrected chi connectivity index (χ2v) is 5.26. The normalized spacial score (nSPS) is 18.6. The second-order valence-electron chi connectivity index (χ2n) is 5.26. The lowest BCUT2D eigenvalue weighted by molar-refractivity contribution is 0.0511. The Labute approximate surface area is 102 Å². The molecular weight excluding hydrogens is 214 g/mol. The van der Waals surface area contributed by atoms with Crippen LogP contribution >= 0.6 is 0 Å². The van der Waals surface area contributed by atoms with Crippen LogP contribution in [0.25, 0.3) is 0 Å².